The zero-order chi connectivity index (χ0) is 15.7. The van der Waals surface area contributed by atoms with Gasteiger partial charge < -0.3 is 4.90 Å². The van der Waals surface area contributed by atoms with Crippen LogP contribution >= 0.6 is 0 Å². The summed E-state index contributed by atoms with van der Waals surface area (Å²) < 4.78 is 1.84. The van der Waals surface area contributed by atoms with Crippen LogP contribution < -0.4 is 0 Å². The Hall–Kier alpha value is -2.28. The van der Waals surface area contributed by atoms with Crippen LogP contribution in [-0.4, -0.2) is 28.3 Å². The zero-order valence-corrected chi connectivity index (χ0v) is 13.5. The van der Waals surface area contributed by atoms with E-state index < -0.39 is 0 Å². The fraction of sp³-hybridized carbons (Fsp3) is 0.444. The second-order valence-electron chi connectivity index (χ2n) is 6.31. The van der Waals surface area contributed by atoms with E-state index in [9.17, 15) is 5.26 Å². The highest BCUT2D eigenvalue weighted by atomic mass is 15.2. The maximum Gasteiger partial charge on any atom is 0.0947 e. The van der Waals surface area contributed by atoms with E-state index in [1.807, 2.05) is 17.9 Å². The van der Waals surface area contributed by atoms with Gasteiger partial charge in [-0.1, -0.05) is 13.0 Å². The quantitative estimate of drug-likeness (QED) is 0.798. The van der Waals surface area contributed by atoms with E-state index in [0.29, 0.717) is 5.92 Å². The van der Waals surface area contributed by atoms with Gasteiger partial charge >= 0.3 is 0 Å². The van der Waals surface area contributed by atoms with Gasteiger partial charge in [-0.05, 0) is 42.4 Å². The fourth-order valence-corrected chi connectivity index (χ4v) is 3.22. The predicted molar refractivity (Wildman–Crippen MR) is 87.6 cm³/mol. The number of aryl methyl sites for hydroxylation is 1. The lowest BCUT2D eigenvalue weighted by atomic mass is 9.85. The van der Waals surface area contributed by atoms with Gasteiger partial charge in [0.2, 0.25) is 0 Å². The lowest BCUT2D eigenvalue weighted by molar-refractivity contribution is 0.355. The van der Waals surface area contributed by atoms with E-state index in [1.54, 1.807) is 0 Å². The molecule has 1 atom stereocenters. The monoisotopic (exact) mass is 294 g/mol. The summed E-state index contributed by atoms with van der Waals surface area (Å²) in [5.74, 6) is 0.521. The van der Waals surface area contributed by atoms with Crippen molar-refractivity contribution in [3.8, 4) is 6.07 Å². The second-order valence-corrected chi connectivity index (χ2v) is 6.31. The molecule has 1 unspecified atom stereocenters. The molecule has 0 saturated carbocycles. The van der Waals surface area contributed by atoms with Crippen molar-refractivity contribution < 1.29 is 0 Å². The van der Waals surface area contributed by atoms with Crippen molar-refractivity contribution in [2.45, 2.75) is 26.2 Å². The Morgan fingerprint density at radius 2 is 2.09 bits per heavy atom. The molecular formula is C18H22N4. The van der Waals surface area contributed by atoms with Crippen LogP contribution in [0.1, 0.15) is 31.7 Å². The van der Waals surface area contributed by atoms with Gasteiger partial charge in [0.15, 0.2) is 0 Å². The standard InChI is InChI=1S/C18H22N4/c1-13-6-7-21(2)18-8-14(10-19)4-5-15(9-17(13)18)16-11-20-22(3)12-16/h8-9,11-13H,4-7H2,1-3H3/b14-8+,15-9+. The van der Waals surface area contributed by atoms with Crippen LogP contribution in [0.5, 0.6) is 0 Å². The van der Waals surface area contributed by atoms with Crippen molar-refractivity contribution in [1.82, 2.24) is 14.7 Å². The normalized spacial score (nSPS) is 27.0. The molecule has 22 heavy (non-hydrogen) atoms. The third-order valence-corrected chi connectivity index (χ3v) is 4.66. The summed E-state index contributed by atoms with van der Waals surface area (Å²) in [5, 5.41) is 13.7. The summed E-state index contributed by atoms with van der Waals surface area (Å²) in [6.45, 7) is 3.33. The number of hydrogen-bond donors (Lipinski definition) is 0. The van der Waals surface area contributed by atoms with Gasteiger partial charge in [-0.2, -0.15) is 10.4 Å². The average Bonchev–Trinajstić information content (AvgIpc) is 2.90. The van der Waals surface area contributed by atoms with Gasteiger partial charge in [-0.25, -0.2) is 0 Å². The molecule has 0 spiro atoms. The summed E-state index contributed by atoms with van der Waals surface area (Å²) >= 11 is 0. The van der Waals surface area contributed by atoms with E-state index in [-0.39, 0.29) is 0 Å². The van der Waals surface area contributed by atoms with Crippen LogP contribution in [0.15, 0.2) is 41.4 Å². The minimum atomic E-state index is 0.521. The summed E-state index contributed by atoms with van der Waals surface area (Å²) in [4.78, 5) is 2.27. The molecule has 0 bridgehead atoms. The second kappa shape index (κ2) is 5.84. The Morgan fingerprint density at radius 3 is 2.77 bits per heavy atom. The van der Waals surface area contributed by atoms with Crippen molar-refractivity contribution in [2.24, 2.45) is 13.0 Å². The molecule has 1 aliphatic carbocycles. The van der Waals surface area contributed by atoms with E-state index in [1.165, 1.54) is 16.8 Å². The molecule has 2 aliphatic rings. The van der Waals surface area contributed by atoms with Crippen LogP contribution in [0.4, 0.5) is 0 Å². The molecule has 0 saturated heterocycles. The average molecular weight is 294 g/mol. The van der Waals surface area contributed by atoms with E-state index in [0.717, 1.165) is 36.9 Å². The third-order valence-electron chi connectivity index (χ3n) is 4.66. The van der Waals surface area contributed by atoms with Crippen molar-refractivity contribution in [1.29, 1.82) is 5.26 Å². The van der Waals surface area contributed by atoms with Crippen molar-refractivity contribution in [2.75, 3.05) is 13.6 Å². The van der Waals surface area contributed by atoms with Gasteiger partial charge in [0.1, 0.15) is 0 Å². The van der Waals surface area contributed by atoms with E-state index in [4.69, 9.17) is 0 Å². The molecule has 3 rings (SSSR count). The Bertz CT molecular complexity index is 712. The molecule has 1 aromatic heterocycles. The SMILES string of the molecule is CC1CCN(C)C2=C1/C=C(/c1cnn(C)c1)CC/C(C#N)=C\2. The molecule has 0 fully saturated rings. The molecule has 0 aromatic carbocycles. The number of nitrogens with zero attached hydrogens (tertiary/aromatic N) is 4. The summed E-state index contributed by atoms with van der Waals surface area (Å²) in [7, 11) is 4.06. The van der Waals surface area contributed by atoms with Crippen LogP contribution in [0.3, 0.4) is 0 Å². The topological polar surface area (TPSA) is 44.9 Å². The highest BCUT2D eigenvalue weighted by Gasteiger charge is 2.23. The molecule has 1 aromatic rings. The number of allylic oxidation sites excluding steroid dienone is 5. The van der Waals surface area contributed by atoms with Crippen LogP contribution in [0, 0.1) is 17.2 Å². The Kier molecular flexibility index (Phi) is 3.89. The summed E-state index contributed by atoms with van der Waals surface area (Å²) in [6, 6.07) is 2.37. The molecule has 1 aliphatic heterocycles. The largest absolute Gasteiger partial charge is 0.374 e. The highest BCUT2D eigenvalue weighted by molar-refractivity contribution is 5.69. The molecule has 114 valence electrons. The van der Waals surface area contributed by atoms with Crippen molar-refractivity contribution in [3.63, 3.8) is 0 Å². The highest BCUT2D eigenvalue weighted by Crippen LogP contribution is 2.35. The smallest absolute Gasteiger partial charge is 0.0947 e. The third kappa shape index (κ3) is 2.71. The summed E-state index contributed by atoms with van der Waals surface area (Å²) in [6.07, 6.45) is 11.2. The predicted octanol–water partition coefficient (Wildman–Crippen LogP) is 3.27. The minimum Gasteiger partial charge on any atom is -0.374 e. The lowest BCUT2D eigenvalue weighted by Gasteiger charge is -2.33. The van der Waals surface area contributed by atoms with E-state index >= 15 is 0 Å². The first-order valence-corrected chi connectivity index (χ1v) is 7.84. The lowest BCUT2D eigenvalue weighted by Crippen LogP contribution is -2.28. The van der Waals surface area contributed by atoms with Gasteiger partial charge in [0.25, 0.3) is 0 Å². The number of likely N-dealkylation sites (N-methyl/N-ethyl adjacent to an activating group) is 1. The number of rotatable bonds is 1. The summed E-state index contributed by atoms with van der Waals surface area (Å²) in [5.41, 5.74) is 5.86. The molecule has 4 nitrogen and oxygen atoms in total. The zero-order valence-electron chi connectivity index (χ0n) is 13.5. The van der Waals surface area contributed by atoms with E-state index in [2.05, 4.69) is 48.4 Å². The Balaban J connectivity index is 2.13. The maximum atomic E-state index is 9.42. The van der Waals surface area contributed by atoms with Gasteiger partial charge in [-0.3, -0.25) is 4.68 Å². The molecule has 0 radical (unpaired) electrons. The maximum absolute atomic E-state index is 9.42. The van der Waals surface area contributed by atoms with Gasteiger partial charge in [-0.15, -0.1) is 0 Å². The van der Waals surface area contributed by atoms with Crippen LogP contribution in [0.2, 0.25) is 0 Å². The van der Waals surface area contributed by atoms with Gasteiger partial charge in [0, 0.05) is 43.7 Å². The van der Waals surface area contributed by atoms with Gasteiger partial charge in [0.05, 0.1) is 12.3 Å². The molecule has 2 heterocycles. The number of hydrogen-bond acceptors (Lipinski definition) is 3. The first-order chi connectivity index (χ1) is 10.6. The Labute approximate surface area is 132 Å². The fourth-order valence-electron chi connectivity index (χ4n) is 3.22. The molecule has 0 N–H and O–H groups in total. The van der Waals surface area contributed by atoms with Crippen molar-refractivity contribution in [3.05, 3.63) is 47.0 Å². The molecule has 4 heteroatoms. The first-order valence-electron chi connectivity index (χ1n) is 7.84. The van der Waals surface area contributed by atoms with Crippen LogP contribution in [-0.2, 0) is 7.05 Å². The number of nitriles is 1. The first kappa shape index (κ1) is 14.6. The van der Waals surface area contributed by atoms with Crippen molar-refractivity contribution >= 4 is 5.57 Å². The molecule has 0 amide bonds. The van der Waals surface area contributed by atoms with Crippen LogP contribution in [0.25, 0.3) is 5.57 Å². The Morgan fingerprint density at radius 1 is 1.27 bits per heavy atom. The molecular weight excluding hydrogens is 272 g/mol. The minimum absolute atomic E-state index is 0.521. The number of aromatic nitrogens is 2.